The third-order valence-corrected chi connectivity index (χ3v) is 3.02. The lowest BCUT2D eigenvalue weighted by atomic mass is 10.4. The molecule has 0 saturated carbocycles. The van der Waals surface area contributed by atoms with Gasteiger partial charge in [-0.1, -0.05) is 18.8 Å². The number of carbonyl (C=O) groups is 1. The van der Waals surface area contributed by atoms with Crippen LogP contribution in [-0.2, 0) is 16.1 Å². The summed E-state index contributed by atoms with van der Waals surface area (Å²) < 4.78 is 5.15. The predicted molar refractivity (Wildman–Crippen MR) is 73.2 cm³/mol. The van der Waals surface area contributed by atoms with Crippen molar-refractivity contribution < 1.29 is 9.53 Å². The van der Waals surface area contributed by atoms with Gasteiger partial charge in [-0.05, 0) is 18.6 Å². The molecule has 0 aliphatic heterocycles. The molecule has 98 valence electrons. The Morgan fingerprint density at radius 2 is 2.39 bits per heavy atom. The van der Waals surface area contributed by atoms with Gasteiger partial charge in [0, 0.05) is 11.5 Å². The second-order valence-electron chi connectivity index (χ2n) is 3.60. The number of amides is 1. The number of rotatable bonds is 6. The van der Waals surface area contributed by atoms with Crippen molar-refractivity contribution in [2.24, 2.45) is 5.73 Å². The molecule has 3 N–H and O–H groups in total. The van der Waals surface area contributed by atoms with Gasteiger partial charge in [0.15, 0.2) is 0 Å². The minimum Gasteiger partial charge on any atom is -0.372 e. The molecular formula is C13H18N2O2S. The molecule has 0 unspecified atom stereocenters. The third-order valence-electron chi connectivity index (χ3n) is 2.02. The minimum atomic E-state index is -0.0913. The van der Waals surface area contributed by atoms with E-state index in [0.717, 1.165) is 16.2 Å². The fraction of sp³-hybridized carbons (Fsp3) is 0.462. The van der Waals surface area contributed by atoms with E-state index in [0.29, 0.717) is 19.7 Å². The fourth-order valence-corrected chi connectivity index (χ4v) is 2.05. The van der Waals surface area contributed by atoms with Gasteiger partial charge in [0.05, 0.1) is 18.0 Å². The maximum Gasteiger partial charge on any atom is 0.246 e. The lowest BCUT2D eigenvalue weighted by molar-refractivity contribution is -0.125. The van der Waals surface area contributed by atoms with E-state index in [4.69, 9.17) is 10.5 Å². The van der Waals surface area contributed by atoms with Crippen LogP contribution >= 0.6 is 11.3 Å². The van der Waals surface area contributed by atoms with Crippen molar-refractivity contribution in [3.8, 4) is 11.8 Å². The Morgan fingerprint density at radius 1 is 1.56 bits per heavy atom. The van der Waals surface area contributed by atoms with Gasteiger partial charge in [-0.2, -0.15) is 0 Å². The number of nitrogens with one attached hydrogen (secondary N) is 1. The predicted octanol–water partition coefficient (Wildman–Crippen LogP) is 1.10. The molecule has 0 fully saturated rings. The van der Waals surface area contributed by atoms with Gasteiger partial charge in [-0.15, -0.1) is 11.3 Å². The molecule has 0 bridgehead atoms. The quantitative estimate of drug-likeness (QED) is 0.598. The summed E-state index contributed by atoms with van der Waals surface area (Å²) in [4.78, 5) is 13.4. The number of hydrogen-bond donors (Lipinski definition) is 2. The maximum absolute atomic E-state index is 11.4. The van der Waals surface area contributed by atoms with Crippen LogP contribution < -0.4 is 11.1 Å². The van der Waals surface area contributed by atoms with Gasteiger partial charge in [0.2, 0.25) is 5.91 Å². The number of thiophene rings is 1. The van der Waals surface area contributed by atoms with Crippen molar-refractivity contribution in [3.05, 3.63) is 21.9 Å². The van der Waals surface area contributed by atoms with Gasteiger partial charge in [0.1, 0.15) is 6.61 Å². The van der Waals surface area contributed by atoms with E-state index in [1.54, 1.807) is 11.3 Å². The normalized spacial score (nSPS) is 9.67. The van der Waals surface area contributed by atoms with Crippen LogP contribution in [0.4, 0.5) is 0 Å². The molecule has 0 aromatic carbocycles. The monoisotopic (exact) mass is 266 g/mol. The van der Waals surface area contributed by atoms with E-state index in [1.165, 1.54) is 0 Å². The van der Waals surface area contributed by atoms with E-state index in [-0.39, 0.29) is 12.5 Å². The largest absolute Gasteiger partial charge is 0.372 e. The Kier molecular flexibility index (Phi) is 7.11. The minimum absolute atomic E-state index is 0.0913. The molecule has 0 spiro atoms. The zero-order valence-corrected chi connectivity index (χ0v) is 11.3. The first kappa shape index (κ1) is 14.7. The van der Waals surface area contributed by atoms with E-state index in [1.807, 2.05) is 19.1 Å². The van der Waals surface area contributed by atoms with E-state index in [9.17, 15) is 4.79 Å². The van der Waals surface area contributed by atoms with E-state index >= 15 is 0 Å². The van der Waals surface area contributed by atoms with Crippen molar-refractivity contribution in [3.63, 3.8) is 0 Å². The first-order valence-electron chi connectivity index (χ1n) is 5.88. The van der Waals surface area contributed by atoms with Crippen molar-refractivity contribution >= 4 is 17.2 Å². The molecule has 0 saturated heterocycles. The molecule has 1 aromatic heterocycles. The summed E-state index contributed by atoms with van der Waals surface area (Å²) in [6.45, 7) is 3.62. The zero-order valence-electron chi connectivity index (χ0n) is 10.5. The van der Waals surface area contributed by atoms with Crippen molar-refractivity contribution in [1.29, 1.82) is 0 Å². The molecular weight excluding hydrogens is 248 g/mol. The summed E-state index contributed by atoms with van der Waals surface area (Å²) in [7, 11) is 0. The molecule has 1 heterocycles. The molecule has 1 rings (SSSR count). The van der Waals surface area contributed by atoms with Crippen LogP contribution in [0.1, 0.15) is 23.1 Å². The van der Waals surface area contributed by atoms with Crippen LogP contribution in [-0.4, -0.2) is 25.7 Å². The van der Waals surface area contributed by atoms with Gasteiger partial charge < -0.3 is 15.8 Å². The smallest absolute Gasteiger partial charge is 0.246 e. The molecule has 0 atom stereocenters. The van der Waals surface area contributed by atoms with Crippen LogP contribution in [0, 0.1) is 11.8 Å². The molecule has 18 heavy (non-hydrogen) atoms. The van der Waals surface area contributed by atoms with Crippen molar-refractivity contribution in [2.45, 2.75) is 19.9 Å². The van der Waals surface area contributed by atoms with Crippen LogP contribution in [0.3, 0.4) is 0 Å². The van der Waals surface area contributed by atoms with Crippen molar-refractivity contribution in [2.75, 3.05) is 19.8 Å². The van der Waals surface area contributed by atoms with Gasteiger partial charge in [0.25, 0.3) is 0 Å². The summed E-state index contributed by atoms with van der Waals surface area (Å²) in [6, 6.07) is 3.89. The van der Waals surface area contributed by atoms with Crippen LogP contribution in [0.5, 0.6) is 0 Å². The van der Waals surface area contributed by atoms with Crippen LogP contribution in [0.15, 0.2) is 12.1 Å². The Morgan fingerprint density at radius 3 is 3.11 bits per heavy atom. The lowest BCUT2D eigenvalue weighted by Gasteiger charge is -2.03. The standard InChI is InChI=1S/C13H18N2O2S/c1-2-8-17-10-13(16)15-9-12-6-5-11(18-12)4-3-7-14/h5-6H,2,7-10,14H2,1H3,(H,15,16). The van der Waals surface area contributed by atoms with Crippen molar-refractivity contribution in [1.82, 2.24) is 5.32 Å². The summed E-state index contributed by atoms with van der Waals surface area (Å²) in [5.41, 5.74) is 5.30. The second kappa shape index (κ2) is 8.70. The first-order valence-corrected chi connectivity index (χ1v) is 6.70. The highest BCUT2D eigenvalue weighted by molar-refractivity contribution is 7.12. The lowest BCUT2D eigenvalue weighted by Crippen LogP contribution is -2.26. The summed E-state index contributed by atoms with van der Waals surface area (Å²) in [5, 5.41) is 2.80. The average Bonchev–Trinajstić information content (AvgIpc) is 2.82. The van der Waals surface area contributed by atoms with E-state index < -0.39 is 0 Å². The second-order valence-corrected chi connectivity index (χ2v) is 4.77. The topological polar surface area (TPSA) is 64.3 Å². The third kappa shape index (κ3) is 5.82. The van der Waals surface area contributed by atoms with Crippen LogP contribution in [0.2, 0.25) is 0 Å². The molecule has 0 radical (unpaired) electrons. The summed E-state index contributed by atoms with van der Waals surface area (Å²) in [5.74, 6) is 5.67. The number of hydrogen-bond acceptors (Lipinski definition) is 4. The Labute approximate surface area is 112 Å². The number of nitrogens with two attached hydrogens (primary N) is 1. The summed E-state index contributed by atoms with van der Waals surface area (Å²) in [6.07, 6.45) is 0.918. The Hall–Kier alpha value is -1.35. The van der Waals surface area contributed by atoms with E-state index in [2.05, 4.69) is 17.2 Å². The molecule has 1 amide bonds. The average molecular weight is 266 g/mol. The van der Waals surface area contributed by atoms with Crippen LogP contribution in [0.25, 0.3) is 0 Å². The molecule has 0 aliphatic carbocycles. The Bertz CT molecular complexity index is 432. The number of carbonyl (C=O) groups excluding carboxylic acids is 1. The zero-order chi connectivity index (χ0) is 13.2. The molecule has 4 nitrogen and oxygen atoms in total. The molecule has 5 heteroatoms. The fourth-order valence-electron chi connectivity index (χ4n) is 1.22. The SMILES string of the molecule is CCCOCC(=O)NCc1ccc(C#CCN)s1. The van der Waals surface area contributed by atoms with Gasteiger partial charge in [-0.3, -0.25) is 4.79 Å². The van der Waals surface area contributed by atoms with Gasteiger partial charge in [-0.25, -0.2) is 0 Å². The Balaban J connectivity index is 2.30. The highest BCUT2D eigenvalue weighted by atomic mass is 32.1. The maximum atomic E-state index is 11.4. The molecule has 1 aromatic rings. The van der Waals surface area contributed by atoms with Gasteiger partial charge >= 0.3 is 0 Å². The summed E-state index contributed by atoms with van der Waals surface area (Å²) >= 11 is 1.56. The highest BCUT2D eigenvalue weighted by Gasteiger charge is 2.02. The molecule has 0 aliphatic rings. The first-order chi connectivity index (χ1) is 8.76. The number of ether oxygens (including phenoxy) is 1. The highest BCUT2D eigenvalue weighted by Crippen LogP contribution is 2.14.